The fraction of sp³-hybridized carbons (Fsp3) is 0.786. The third-order valence-corrected chi connectivity index (χ3v) is 4.06. The van der Waals surface area contributed by atoms with Crippen molar-refractivity contribution in [1.82, 2.24) is 0 Å². The Kier molecular flexibility index (Phi) is 3.17. The number of carbonyl (C=O) groups excluding carboxylic acids is 1. The summed E-state index contributed by atoms with van der Waals surface area (Å²) in [6, 6.07) is 0. The van der Waals surface area contributed by atoms with Gasteiger partial charge in [0.2, 0.25) is 0 Å². The third kappa shape index (κ3) is 2.16. The smallest absolute Gasteiger partial charge is 0.334 e. The fourth-order valence-electron chi connectivity index (χ4n) is 3.16. The normalized spacial score (nSPS) is 43.5. The molecule has 3 saturated heterocycles. The highest BCUT2D eigenvalue weighted by Gasteiger charge is 2.60. The Morgan fingerprint density at radius 2 is 2.15 bits per heavy atom. The van der Waals surface area contributed by atoms with Crippen LogP contribution in [0.4, 0.5) is 0 Å². The molecule has 0 aromatic carbocycles. The summed E-state index contributed by atoms with van der Waals surface area (Å²) in [5.74, 6) is -1.02. The van der Waals surface area contributed by atoms with Crippen LogP contribution < -0.4 is 0 Å². The van der Waals surface area contributed by atoms with Crippen molar-refractivity contribution < 1.29 is 28.5 Å². The molecule has 0 N–H and O–H groups in total. The molecule has 6 heteroatoms. The van der Waals surface area contributed by atoms with E-state index in [4.69, 9.17) is 23.7 Å². The second-order valence-electron chi connectivity index (χ2n) is 6.03. The van der Waals surface area contributed by atoms with E-state index in [1.165, 1.54) is 0 Å². The lowest BCUT2D eigenvalue weighted by atomic mass is 9.87. The van der Waals surface area contributed by atoms with Crippen molar-refractivity contribution in [2.24, 2.45) is 0 Å². The van der Waals surface area contributed by atoms with Crippen molar-refractivity contribution in [3.05, 3.63) is 12.2 Å². The zero-order chi connectivity index (χ0) is 14.5. The summed E-state index contributed by atoms with van der Waals surface area (Å²) in [5, 5.41) is 0. The van der Waals surface area contributed by atoms with Crippen LogP contribution in [0.25, 0.3) is 0 Å². The fourth-order valence-corrected chi connectivity index (χ4v) is 3.16. The lowest BCUT2D eigenvalue weighted by molar-refractivity contribution is -0.191. The number of hydrogen-bond donors (Lipinski definition) is 0. The average Bonchev–Trinajstić information content (AvgIpc) is 2.98. The Balaban J connectivity index is 1.84. The average molecular weight is 284 g/mol. The molecule has 112 valence electrons. The van der Waals surface area contributed by atoms with Crippen LogP contribution in [0.1, 0.15) is 26.7 Å². The van der Waals surface area contributed by atoms with E-state index in [2.05, 4.69) is 6.58 Å². The number of rotatable bonds is 2. The summed E-state index contributed by atoms with van der Waals surface area (Å²) in [5.41, 5.74) is -0.281. The lowest BCUT2D eigenvalue weighted by Gasteiger charge is -2.30. The maximum absolute atomic E-state index is 11.7. The molecule has 3 fully saturated rings. The molecular weight excluding hydrogens is 264 g/mol. The van der Waals surface area contributed by atoms with Crippen molar-refractivity contribution in [2.75, 3.05) is 13.7 Å². The van der Waals surface area contributed by atoms with E-state index in [0.29, 0.717) is 25.0 Å². The Bertz CT molecular complexity index is 427. The summed E-state index contributed by atoms with van der Waals surface area (Å²) in [6.07, 6.45) is -0.178. The molecule has 1 spiro atoms. The van der Waals surface area contributed by atoms with Crippen molar-refractivity contribution >= 4 is 5.97 Å². The molecule has 3 rings (SSSR count). The predicted molar refractivity (Wildman–Crippen MR) is 67.8 cm³/mol. The van der Waals surface area contributed by atoms with Gasteiger partial charge in [0.25, 0.3) is 0 Å². The van der Waals surface area contributed by atoms with Gasteiger partial charge in [-0.25, -0.2) is 4.79 Å². The highest BCUT2D eigenvalue weighted by atomic mass is 16.8. The molecule has 0 bridgehead atoms. The number of hydrogen-bond acceptors (Lipinski definition) is 6. The van der Waals surface area contributed by atoms with Gasteiger partial charge in [0, 0.05) is 25.5 Å². The molecule has 0 aromatic heterocycles. The molecule has 3 heterocycles. The Hall–Kier alpha value is -0.950. The largest absolute Gasteiger partial charge is 0.452 e. The summed E-state index contributed by atoms with van der Waals surface area (Å²) in [4.78, 5) is 11.7. The monoisotopic (exact) mass is 284 g/mol. The maximum Gasteiger partial charge on any atom is 0.334 e. The Morgan fingerprint density at radius 3 is 2.65 bits per heavy atom. The topological polar surface area (TPSA) is 63.2 Å². The van der Waals surface area contributed by atoms with E-state index in [9.17, 15) is 4.79 Å². The zero-order valence-electron chi connectivity index (χ0n) is 12.0. The molecule has 0 saturated carbocycles. The van der Waals surface area contributed by atoms with Crippen LogP contribution in [-0.4, -0.2) is 49.6 Å². The van der Waals surface area contributed by atoms with Crippen LogP contribution in [0.3, 0.4) is 0 Å². The molecule has 0 aliphatic carbocycles. The maximum atomic E-state index is 11.7. The van der Waals surface area contributed by atoms with Gasteiger partial charge in [-0.15, -0.1) is 0 Å². The van der Waals surface area contributed by atoms with Gasteiger partial charge in [0.1, 0.15) is 12.2 Å². The van der Waals surface area contributed by atoms with Gasteiger partial charge >= 0.3 is 5.97 Å². The quantitative estimate of drug-likeness (QED) is 0.560. The van der Waals surface area contributed by atoms with Crippen molar-refractivity contribution in [3.63, 3.8) is 0 Å². The second kappa shape index (κ2) is 4.53. The van der Waals surface area contributed by atoms with E-state index >= 15 is 0 Å². The molecule has 3 aliphatic rings. The van der Waals surface area contributed by atoms with Crippen LogP contribution in [0, 0.1) is 0 Å². The van der Waals surface area contributed by atoms with Gasteiger partial charge in [0.15, 0.2) is 17.7 Å². The van der Waals surface area contributed by atoms with Gasteiger partial charge < -0.3 is 23.7 Å². The second-order valence-corrected chi connectivity index (χ2v) is 6.03. The first-order chi connectivity index (χ1) is 9.35. The highest BCUT2D eigenvalue weighted by Crippen LogP contribution is 2.47. The zero-order valence-corrected chi connectivity index (χ0v) is 12.0. The van der Waals surface area contributed by atoms with Crippen LogP contribution in [0.2, 0.25) is 0 Å². The van der Waals surface area contributed by atoms with Crippen LogP contribution in [0.5, 0.6) is 0 Å². The molecule has 0 aromatic rings. The molecule has 4 atom stereocenters. The summed E-state index contributed by atoms with van der Waals surface area (Å²) >= 11 is 0. The van der Waals surface area contributed by atoms with E-state index in [0.717, 1.165) is 0 Å². The minimum atomic E-state index is -0.747. The van der Waals surface area contributed by atoms with Gasteiger partial charge in [0.05, 0.1) is 6.61 Å². The van der Waals surface area contributed by atoms with Crippen LogP contribution in [-0.2, 0) is 28.5 Å². The molecule has 20 heavy (non-hydrogen) atoms. The number of esters is 1. The van der Waals surface area contributed by atoms with E-state index in [1.807, 2.05) is 13.8 Å². The standard InChI is InChI=1S/C14H20O6/c1-8-5-14(20-12(8)15)6-10(16-4)18-11(14)9-7-17-13(2,3)19-9/h9-11H,1,5-7H2,2-4H3/t9-,10+,11-,14+/m1/s1. The molecular formula is C14H20O6. The molecule has 3 aliphatic heterocycles. The Morgan fingerprint density at radius 1 is 1.40 bits per heavy atom. The minimum absolute atomic E-state index is 0.288. The lowest BCUT2D eigenvalue weighted by Crippen LogP contribution is -2.47. The predicted octanol–water partition coefficient (Wildman–Crippen LogP) is 1.14. The van der Waals surface area contributed by atoms with Crippen molar-refractivity contribution in [2.45, 2.75) is 56.6 Å². The minimum Gasteiger partial charge on any atom is -0.452 e. The third-order valence-electron chi connectivity index (χ3n) is 4.06. The van der Waals surface area contributed by atoms with Gasteiger partial charge in [-0.2, -0.15) is 0 Å². The first-order valence-corrected chi connectivity index (χ1v) is 6.76. The highest BCUT2D eigenvalue weighted by molar-refractivity contribution is 5.90. The number of methoxy groups -OCH3 is 1. The van der Waals surface area contributed by atoms with E-state index < -0.39 is 23.8 Å². The first kappa shape index (κ1) is 14.0. The Labute approximate surface area is 118 Å². The van der Waals surface area contributed by atoms with Gasteiger partial charge in [-0.3, -0.25) is 0 Å². The van der Waals surface area contributed by atoms with E-state index in [-0.39, 0.29) is 12.1 Å². The van der Waals surface area contributed by atoms with Crippen LogP contribution >= 0.6 is 0 Å². The summed E-state index contributed by atoms with van der Waals surface area (Å²) in [7, 11) is 1.57. The molecule has 6 nitrogen and oxygen atoms in total. The molecule has 0 unspecified atom stereocenters. The molecule has 0 amide bonds. The number of ether oxygens (including phenoxy) is 5. The van der Waals surface area contributed by atoms with Gasteiger partial charge in [-0.05, 0) is 13.8 Å². The van der Waals surface area contributed by atoms with Gasteiger partial charge in [-0.1, -0.05) is 6.58 Å². The van der Waals surface area contributed by atoms with Crippen molar-refractivity contribution in [3.8, 4) is 0 Å². The first-order valence-electron chi connectivity index (χ1n) is 6.76. The summed E-state index contributed by atoms with van der Waals surface area (Å²) in [6.45, 7) is 7.85. The summed E-state index contributed by atoms with van der Waals surface area (Å²) < 4.78 is 28.2. The molecule has 0 radical (unpaired) electrons. The van der Waals surface area contributed by atoms with E-state index in [1.54, 1.807) is 7.11 Å². The van der Waals surface area contributed by atoms with Crippen LogP contribution in [0.15, 0.2) is 12.2 Å². The SMILES string of the molecule is C=C1C[C@@]2(C[C@@H](OC)O[C@@H]2[C@H]2COC(C)(C)O2)OC1=O. The number of carbonyl (C=O) groups is 1. The van der Waals surface area contributed by atoms with Crippen molar-refractivity contribution in [1.29, 1.82) is 0 Å².